The lowest BCUT2D eigenvalue weighted by Crippen LogP contribution is -2.55. The zero-order valence-corrected chi connectivity index (χ0v) is 27.9. The monoisotopic (exact) mass is 590 g/mol. The molecule has 0 aliphatic rings. The maximum absolute atomic E-state index is 14.9. The van der Waals surface area contributed by atoms with Crippen LogP contribution < -0.4 is 0 Å². The van der Waals surface area contributed by atoms with Crippen LogP contribution in [0.15, 0.2) is 0 Å². The fourth-order valence-electron chi connectivity index (χ4n) is 4.60. The van der Waals surface area contributed by atoms with Gasteiger partial charge in [-0.05, 0) is 75.2 Å². The molecule has 0 radical (unpaired) electrons. The van der Waals surface area contributed by atoms with Gasteiger partial charge in [0.25, 0.3) is 0 Å². The van der Waals surface area contributed by atoms with Crippen LogP contribution in [0, 0.1) is 0 Å². The lowest BCUT2D eigenvalue weighted by molar-refractivity contribution is 0.0446. The minimum Gasteiger partial charge on any atom is -0.374 e. The smallest absolute Gasteiger partial charge is 0.374 e. The van der Waals surface area contributed by atoms with Crippen molar-refractivity contribution < 1.29 is 44.2 Å². The fourth-order valence-corrected chi connectivity index (χ4v) is 14.0. The zero-order chi connectivity index (χ0) is 28.2. The van der Waals surface area contributed by atoms with Crippen molar-refractivity contribution in [3.05, 3.63) is 0 Å². The lowest BCUT2D eigenvalue weighted by atomic mass is 10.2. The third-order valence-corrected chi connectivity index (χ3v) is 15.9. The summed E-state index contributed by atoms with van der Waals surface area (Å²) in [7, 11) is -9.61. The van der Waals surface area contributed by atoms with Crippen molar-refractivity contribution >= 4 is 26.4 Å². The van der Waals surface area contributed by atoms with Gasteiger partial charge in [0, 0.05) is 71.0 Å². The summed E-state index contributed by atoms with van der Waals surface area (Å²) in [5.74, 6) is 0. The summed E-state index contributed by atoms with van der Waals surface area (Å²) in [5.41, 5.74) is -0.873. The molecule has 37 heavy (non-hydrogen) atoms. The van der Waals surface area contributed by atoms with Crippen molar-refractivity contribution in [2.45, 2.75) is 92.3 Å². The van der Waals surface area contributed by atoms with Crippen molar-refractivity contribution in [1.82, 2.24) is 0 Å². The van der Waals surface area contributed by atoms with Crippen molar-refractivity contribution in [2.24, 2.45) is 0 Å². The highest BCUT2D eigenvalue weighted by molar-refractivity contribution is 6.65. The van der Waals surface area contributed by atoms with Gasteiger partial charge >= 0.3 is 26.4 Å². The van der Waals surface area contributed by atoms with Gasteiger partial charge in [-0.2, -0.15) is 0 Å². The van der Waals surface area contributed by atoms with E-state index < -0.39 is 38.6 Å². The molecule has 0 aliphatic carbocycles. The SMILES string of the molecule is CCO[Si](CCC(CC(CF)[Si](OCC)(OCC)OCC)[Si](OCC)(OCC)OCC)(OCC)OCC. The Balaban J connectivity index is 6.58. The Morgan fingerprint density at radius 2 is 0.757 bits per heavy atom. The molecule has 224 valence electrons. The second-order valence-corrected chi connectivity index (χ2v) is 16.6. The Bertz CT molecular complexity index is 501. The molecular formula is C24H55FO9Si3. The average Bonchev–Trinajstić information content (AvgIpc) is 2.85. The second kappa shape index (κ2) is 21.0. The van der Waals surface area contributed by atoms with E-state index in [1.165, 1.54) is 0 Å². The number of halogens is 1. The van der Waals surface area contributed by atoms with Gasteiger partial charge < -0.3 is 39.8 Å². The molecule has 0 saturated carbocycles. The molecule has 2 unspecified atom stereocenters. The van der Waals surface area contributed by atoms with Gasteiger partial charge in [0.05, 0.1) is 12.2 Å². The van der Waals surface area contributed by atoms with E-state index in [2.05, 4.69) is 0 Å². The maximum Gasteiger partial charge on any atom is 0.506 e. The first-order valence-electron chi connectivity index (χ1n) is 14.1. The van der Waals surface area contributed by atoms with Crippen LogP contribution in [0.2, 0.25) is 17.1 Å². The number of alkyl halides is 1. The van der Waals surface area contributed by atoms with Crippen molar-refractivity contribution in [3.63, 3.8) is 0 Å². The summed E-state index contributed by atoms with van der Waals surface area (Å²) in [4.78, 5) is 0. The molecule has 0 saturated heterocycles. The summed E-state index contributed by atoms with van der Waals surface area (Å²) in [5, 5.41) is 0. The predicted molar refractivity (Wildman–Crippen MR) is 149 cm³/mol. The van der Waals surface area contributed by atoms with E-state index in [1.54, 1.807) is 0 Å². The van der Waals surface area contributed by atoms with Crippen LogP contribution in [-0.2, 0) is 39.8 Å². The third-order valence-electron chi connectivity index (χ3n) is 5.72. The molecule has 0 heterocycles. The summed E-state index contributed by atoms with van der Waals surface area (Å²) in [6, 6.07) is 0.528. The number of rotatable bonds is 26. The Morgan fingerprint density at radius 1 is 0.459 bits per heavy atom. The summed E-state index contributed by atoms with van der Waals surface area (Å²) < 4.78 is 70.5. The van der Waals surface area contributed by atoms with Gasteiger partial charge in [0.2, 0.25) is 0 Å². The highest BCUT2D eigenvalue weighted by Crippen LogP contribution is 2.43. The molecule has 0 aromatic carbocycles. The van der Waals surface area contributed by atoms with E-state index in [0.717, 1.165) is 0 Å². The molecule has 0 fully saturated rings. The van der Waals surface area contributed by atoms with Gasteiger partial charge in [-0.1, -0.05) is 0 Å². The van der Waals surface area contributed by atoms with Crippen LogP contribution in [0.4, 0.5) is 4.39 Å². The molecule has 9 nitrogen and oxygen atoms in total. The van der Waals surface area contributed by atoms with E-state index in [4.69, 9.17) is 39.8 Å². The van der Waals surface area contributed by atoms with Gasteiger partial charge in [0.15, 0.2) is 0 Å². The van der Waals surface area contributed by atoms with Crippen molar-refractivity contribution in [1.29, 1.82) is 0 Å². The first-order valence-corrected chi connectivity index (χ1v) is 19.7. The molecule has 2 atom stereocenters. The molecule has 0 spiro atoms. The van der Waals surface area contributed by atoms with E-state index in [0.29, 0.717) is 78.3 Å². The van der Waals surface area contributed by atoms with Crippen LogP contribution in [0.3, 0.4) is 0 Å². The maximum atomic E-state index is 14.9. The predicted octanol–water partition coefficient (Wildman–Crippen LogP) is 5.62. The van der Waals surface area contributed by atoms with Crippen LogP contribution in [0.1, 0.15) is 75.2 Å². The van der Waals surface area contributed by atoms with Gasteiger partial charge in [-0.3, -0.25) is 4.39 Å². The molecule has 0 amide bonds. The van der Waals surface area contributed by atoms with Gasteiger partial charge in [-0.25, -0.2) is 0 Å². The average molecular weight is 591 g/mol. The normalized spacial score (nSPS) is 14.8. The summed E-state index contributed by atoms with van der Waals surface area (Å²) in [6.07, 6.45) is 0.924. The quantitative estimate of drug-likeness (QED) is 0.119. The van der Waals surface area contributed by atoms with Crippen molar-refractivity contribution in [2.75, 3.05) is 66.1 Å². The molecule has 0 bridgehead atoms. The standard InChI is InChI=1S/C24H55FO9Si3/c1-10-26-35(27-11-2,28-12-3)20-19-23(36(29-13-4,30-14-5)31-15-6)21-24(22-25)37(32-16-7,33-17-8)34-18-9/h23-24H,10-22H2,1-9H3. The lowest BCUT2D eigenvalue weighted by Gasteiger charge is -2.40. The number of hydrogen-bond donors (Lipinski definition) is 0. The van der Waals surface area contributed by atoms with Crippen molar-refractivity contribution in [3.8, 4) is 0 Å². The minimum absolute atomic E-state index is 0.269. The van der Waals surface area contributed by atoms with E-state index in [1.807, 2.05) is 62.3 Å². The van der Waals surface area contributed by atoms with E-state index in [9.17, 15) is 4.39 Å². The molecule has 13 heteroatoms. The zero-order valence-electron chi connectivity index (χ0n) is 24.9. The Labute approximate surface area is 229 Å². The van der Waals surface area contributed by atoms with Gasteiger partial charge in [0.1, 0.15) is 0 Å². The minimum atomic E-state index is -3.36. The highest BCUT2D eigenvalue weighted by Gasteiger charge is 2.57. The topological polar surface area (TPSA) is 83.1 Å². The van der Waals surface area contributed by atoms with Gasteiger partial charge in [-0.15, -0.1) is 0 Å². The summed E-state index contributed by atoms with van der Waals surface area (Å²) in [6.45, 7) is 20.3. The first-order chi connectivity index (χ1) is 17.8. The first kappa shape index (κ1) is 37.2. The molecule has 0 aliphatic heterocycles. The van der Waals surface area contributed by atoms with E-state index >= 15 is 0 Å². The van der Waals surface area contributed by atoms with Crippen LogP contribution >= 0.6 is 0 Å². The fraction of sp³-hybridized carbons (Fsp3) is 1.00. The molecular weight excluding hydrogens is 536 g/mol. The Hall–Kier alpha value is 0.221. The molecule has 0 aromatic heterocycles. The second-order valence-electron chi connectivity index (χ2n) is 8.11. The van der Waals surface area contributed by atoms with Crippen LogP contribution in [0.5, 0.6) is 0 Å². The molecule has 0 rings (SSSR count). The van der Waals surface area contributed by atoms with Crippen LogP contribution in [0.25, 0.3) is 0 Å². The third kappa shape index (κ3) is 11.7. The van der Waals surface area contributed by atoms with Crippen LogP contribution in [-0.4, -0.2) is 92.5 Å². The van der Waals surface area contributed by atoms with E-state index in [-0.39, 0.29) is 5.54 Å². The summed E-state index contributed by atoms with van der Waals surface area (Å²) >= 11 is 0. The highest BCUT2D eigenvalue weighted by atomic mass is 28.4. The molecule has 0 aromatic rings. The Kier molecular flexibility index (Phi) is 21.2. The largest absolute Gasteiger partial charge is 0.506 e. The number of hydrogen-bond acceptors (Lipinski definition) is 9. The Morgan fingerprint density at radius 3 is 1.03 bits per heavy atom. The molecule has 0 N–H and O–H groups in total.